The molecule has 2 heterocycles. The molecular weight excluding hydrogens is 220 g/mol. The monoisotopic (exact) mass is 230 g/mol. The molecule has 0 fully saturated rings. The minimum Gasteiger partial charge on any atom is -0.392 e. The number of aliphatic hydroxyl groups excluding tert-OH is 1. The molecule has 86 valence electrons. The van der Waals surface area contributed by atoms with E-state index in [1.807, 2.05) is 0 Å². The second-order valence-electron chi connectivity index (χ2n) is 3.44. The first-order chi connectivity index (χ1) is 8.20. The van der Waals surface area contributed by atoms with Gasteiger partial charge in [-0.1, -0.05) is 5.92 Å². The zero-order valence-corrected chi connectivity index (χ0v) is 9.11. The van der Waals surface area contributed by atoms with Gasteiger partial charge in [0.25, 0.3) is 0 Å². The van der Waals surface area contributed by atoms with E-state index in [4.69, 9.17) is 5.11 Å². The summed E-state index contributed by atoms with van der Waals surface area (Å²) in [6.45, 7) is 1.72. The van der Waals surface area contributed by atoms with Crippen LogP contribution in [0.3, 0.4) is 0 Å². The van der Waals surface area contributed by atoms with Crippen molar-refractivity contribution in [2.45, 2.75) is 6.92 Å². The van der Waals surface area contributed by atoms with Crippen molar-refractivity contribution < 1.29 is 5.11 Å². The van der Waals surface area contributed by atoms with E-state index in [2.05, 4.69) is 31.8 Å². The van der Waals surface area contributed by atoms with Crippen LogP contribution in [-0.2, 0) is 0 Å². The normalized spacial score (nSPS) is 11.3. The maximum atomic E-state index is 11.2. The minimum absolute atomic E-state index is 0.0407. The number of fused-ring (bicyclic) bond motifs is 1. The lowest BCUT2D eigenvalue weighted by Crippen LogP contribution is -2.11. The molecule has 2 aromatic heterocycles. The molecule has 0 aliphatic carbocycles. The number of imidazole rings is 1. The number of nitrogens with zero attached hydrogens (tertiary/aromatic N) is 2. The van der Waals surface area contributed by atoms with E-state index in [-0.39, 0.29) is 6.61 Å². The first-order valence-electron chi connectivity index (χ1n) is 4.92. The SMILES string of the molecule is C/C(=C\C#Cc1[nH]c(=O)nc2nc[nH]c12)CO. The molecule has 0 spiro atoms. The highest BCUT2D eigenvalue weighted by Crippen LogP contribution is 2.05. The van der Waals surface area contributed by atoms with Gasteiger partial charge in [-0.3, -0.25) is 4.98 Å². The Labute approximate surface area is 96.4 Å². The molecule has 0 bridgehead atoms. The van der Waals surface area contributed by atoms with E-state index >= 15 is 0 Å². The Balaban J connectivity index is 2.48. The summed E-state index contributed by atoms with van der Waals surface area (Å²) in [5, 5.41) is 8.79. The number of allylic oxidation sites excluding steroid dienone is 1. The smallest absolute Gasteiger partial charge is 0.348 e. The van der Waals surface area contributed by atoms with Crippen molar-refractivity contribution in [3.63, 3.8) is 0 Å². The lowest BCUT2D eigenvalue weighted by Gasteiger charge is -1.91. The molecule has 2 rings (SSSR count). The Morgan fingerprint density at radius 2 is 2.47 bits per heavy atom. The second-order valence-corrected chi connectivity index (χ2v) is 3.44. The Morgan fingerprint density at radius 1 is 1.65 bits per heavy atom. The highest BCUT2D eigenvalue weighted by atomic mass is 16.3. The third kappa shape index (κ3) is 2.41. The fourth-order valence-corrected chi connectivity index (χ4v) is 1.22. The standard InChI is InChI=1S/C11H10N4O2/c1-7(5-16)3-2-4-8-9-10(13-6-12-9)15-11(17)14-8/h3,6,16H,5H2,1H3,(H2,12,13,14,15,17)/b7-3+. The molecule has 6 heteroatoms. The third-order valence-corrected chi connectivity index (χ3v) is 2.07. The fraction of sp³-hybridized carbons (Fsp3) is 0.182. The highest BCUT2D eigenvalue weighted by Gasteiger charge is 2.03. The molecule has 0 aromatic carbocycles. The summed E-state index contributed by atoms with van der Waals surface area (Å²) in [4.78, 5) is 24.2. The van der Waals surface area contributed by atoms with Gasteiger partial charge in [0.05, 0.1) is 12.9 Å². The molecule has 0 unspecified atom stereocenters. The van der Waals surface area contributed by atoms with Crippen molar-refractivity contribution in [2.75, 3.05) is 6.61 Å². The number of hydrogen-bond donors (Lipinski definition) is 3. The van der Waals surface area contributed by atoms with Gasteiger partial charge in [-0.15, -0.1) is 0 Å². The third-order valence-electron chi connectivity index (χ3n) is 2.07. The van der Waals surface area contributed by atoms with Crippen molar-refractivity contribution in [1.29, 1.82) is 0 Å². The zero-order chi connectivity index (χ0) is 12.3. The number of hydrogen-bond acceptors (Lipinski definition) is 4. The molecule has 0 aliphatic rings. The van der Waals surface area contributed by atoms with Crippen LogP contribution in [0.4, 0.5) is 0 Å². The van der Waals surface area contributed by atoms with E-state index in [1.54, 1.807) is 13.0 Å². The van der Waals surface area contributed by atoms with Gasteiger partial charge in [0, 0.05) is 0 Å². The first-order valence-corrected chi connectivity index (χ1v) is 4.92. The molecule has 6 nitrogen and oxygen atoms in total. The summed E-state index contributed by atoms with van der Waals surface area (Å²) in [5.41, 5.74) is 1.61. The number of nitrogens with one attached hydrogen (secondary N) is 2. The Kier molecular flexibility index (Phi) is 3.03. The molecule has 0 saturated carbocycles. The number of aliphatic hydroxyl groups is 1. The molecule has 17 heavy (non-hydrogen) atoms. The summed E-state index contributed by atoms with van der Waals surface area (Å²) >= 11 is 0. The average Bonchev–Trinajstić information content (AvgIpc) is 2.76. The van der Waals surface area contributed by atoms with Crippen molar-refractivity contribution in [1.82, 2.24) is 19.9 Å². The van der Waals surface area contributed by atoms with Crippen LogP contribution in [-0.4, -0.2) is 31.6 Å². The molecular formula is C11H10N4O2. The predicted molar refractivity (Wildman–Crippen MR) is 62.2 cm³/mol. The number of aromatic amines is 2. The van der Waals surface area contributed by atoms with E-state index in [1.165, 1.54) is 6.33 Å². The number of H-pyrrole nitrogens is 2. The molecule has 3 N–H and O–H groups in total. The maximum Gasteiger partial charge on any atom is 0.348 e. The van der Waals surface area contributed by atoms with Gasteiger partial charge in [0.15, 0.2) is 5.65 Å². The molecule has 0 radical (unpaired) electrons. The van der Waals surface area contributed by atoms with Gasteiger partial charge in [-0.2, -0.15) is 4.98 Å². The predicted octanol–water partition coefficient (Wildman–Crippen LogP) is -0.0637. The largest absolute Gasteiger partial charge is 0.392 e. The van der Waals surface area contributed by atoms with Crippen molar-refractivity contribution in [3.8, 4) is 11.8 Å². The van der Waals surface area contributed by atoms with Crippen molar-refractivity contribution in [2.24, 2.45) is 0 Å². The van der Waals surface area contributed by atoms with Gasteiger partial charge >= 0.3 is 5.69 Å². The molecule has 2 aromatic rings. The van der Waals surface area contributed by atoms with Gasteiger partial charge in [-0.05, 0) is 24.5 Å². The lowest BCUT2D eigenvalue weighted by molar-refractivity contribution is 0.331. The minimum atomic E-state index is -0.489. The summed E-state index contributed by atoms with van der Waals surface area (Å²) < 4.78 is 0. The quantitative estimate of drug-likeness (QED) is 0.598. The molecule has 0 atom stereocenters. The number of rotatable bonds is 1. The van der Waals surface area contributed by atoms with Crippen LogP contribution < -0.4 is 5.69 Å². The lowest BCUT2D eigenvalue weighted by atomic mass is 10.3. The van der Waals surface area contributed by atoms with Crippen LogP contribution in [0, 0.1) is 11.8 Å². The van der Waals surface area contributed by atoms with E-state index in [9.17, 15) is 4.79 Å². The van der Waals surface area contributed by atoms with Crippen molar-refractivity contribution >= 4 is 11.2 Å². The average molecular weight is 230 g/mol. The number of aromatic nitrogens is 4. The van der Waals surface area contributed by atoms with Gasteiger partial charge in [0.1, 0.15) is 11.2 Å². The van der Waals surface area contributed by atoms with E-state index in [0.29, 0.717) is 16.9 Å². The molecule has 0 saturated heterocycles. The van der Waals surface area contributed by atoms with Crippen LogP contribution in [0.1, 0.15) is 12.6 Å². The van der Waals surface area contributed by atoms with Gasteiger partial charge in [-0.25, -0.2) is 9.78 Å². The Morgan fingerprint density at radius 3 is 3.24 bits per heavy atom. The van der Waals surface area contributed by atoms with Crippen LogP contribution in [0.25, 0.3) is 11.2 Å². The summed E-state index contributed by atoms with van der Waals surface area (Å²) in [6.07, 6.45) is 3.03. The van der Waals surface area contributed by atoms with Crippen LogP contribution in [0.5, 0.6) is 0 Å². The maximum absolute atomic E-state index is 11.2. The molecule has 0 amide bonds. The Bertz CT molecular complexity index is 685. The first kappa shape index (κ1) is 11.1. The van der Waals surface area contributed by atoms with Crippen LogP contribution >= 0.6 is 0 Å². The van der Waals surface area contributed by atoms with Gasteiger partial charge < -0.3 is 10.1 Å². The molecule has 0 aliphatic heterocycles. The fourth-order valence-electron chi connectivity index (χ4n) is 1.22. The van der Waals surface area contributed by atoms with Crippen LogP contribution in [0.15, 0.2) is 22.8 Å². The topological polar surface area (TPSA) is 94.7 Å². The van der Waals surface area contributed by atoms with E-state index in [0.717, 1.165) is 5.57 Å². The Hall–Kier alpha value is -2.39. The zero-order valence-electron chi connectivity index (χ0n) is 9.11. The summed E-state index contributed by atoms with van der Waals surface area (Å²) in [6, 6.07) is 0. The summed E-state index contributed by atoms with van der Waals surface area (Å²) in [5.74, 6) is 5.52. The second kappa shape index (κ2) is 4.63. The highest BCUT2D eigenvalue weighted by molar-refractivity contribution is 5.75. The van der Waals surface area contributed by atoms with Gasteiger partial charge in [0.2, 0.25) is 0 Å². The summed E-state index contributed by atoms with van der Waals surface area (Å²) in [7, 11) is 0. The van der Waals surface area contributed by atoms with Crippen LogP contribution in [0.2, 0.25) is 0 Å². The van der Waals surface area contributed by atoms with Crippen molar-refractivity contribution in [3.05, 3.63) is 34.2 Å². The van der Waals surface area contributed by atoms with E-state index < -0.39 is 5.69 Å².